The van der Waals surface area contributed by atoms with Gasteiger partial charge in [-0.2, -0.15) is 5.10 Å². The van der Waals surface area contributed by atoms with Crippen LogP contribution in [0.4, 0.5) is 5.69 Å². The topological polar surface area (TPSA) is 79.9 Å². The molecule has 0 saturated carbocycles. The van der Waals surface area contributed by atoms with Gasteiger partial charge in [0.25, 0.3) is 0 Å². The molecule has 6 nitrogen and oxygen atoms in total. The van der Waals surface area contributed by atoms with Gasteiger partial charge in [0, 0.05) is 12.6 Å². The Morgan fingerprint density at radius 2 is 1.88 bits per heavy atom. The second-order valence-corrected chi connectivity index (χ2v) is 8.39. The number of esters is 1. The summed E-state index contributed by atoms with van der Waals surface area (Å²) in [5.41, 5.74) is 5.06. The Balaban J connectivity index is 0.00000385. The maximum Gasteiger partial charge on any atom is 0.302 e. The Bertz CT molecular complexity index is 1020. The lowest BCUT2D eigenvalue weighted by atomic mass is 9.75. The van der Waals surface area contributed by atoms with Crippen LogP contribution in [0.1, 0.15) is 31.4 Å². The standard InChI is InChI=1S/C26H32N4O2.ClH/c1-19-14-23(22-8-6-5-7-9-22)16-26(15-19,30(3)4)25(18-32-20(2)31)29-24-12-10-21(11-13-24)17-28-27;/h5-15,17,25,29H,16,18,27H2,1-4H3;1H. The quantitative estimate of drug-likeness (QED) is 0.258. The summed E-state index contributed by atoms with van der Waals surface area (Å²) in [7, 11) is 4.14. The summed E-state index contributed by atoms with van der Waals surface area (Å²) in [6.07, 6.45) is 6.89. The molecular weight excluding hydrogens is 436 g/mol. The molecule has 1 aliphatic rings. The minimum absolute atomic E-state index is 0. The zero-order valence-corrected chi connectivity index (χ0v) is 20.4. The average Bonchev–Trinajstić information content (AvgIpc) is 2.77. The van der Waals surface area contributed by atoms with Crippen molar-refractivity contribution in [2.24, 2.45) is 10.9 Å². The zero-order chi connectivity index (χ0) is 23.1. The molecule has 0 fully saturated rings. The molecule has 0 saturated heterocycles. The molecule has 0 aromatic heterocycles. The molecule has 2 unspecified atom stereocenters. The molecule has 33 heavy (non-hydrogen) atoms. The summed E-state index contributed by atoms with van der Waals surface area (Å²) in [5.74, 6) is 4.96. The van der Waals surface area contributed by atoms with E-state index in [0.717, 1.165) is 17.7 Å². The smallest absolute Gasteiger partial charge is 0.302 e. The van der Waals surface area contributed by atoms with Crippen molar-refractivity contribution < 1.29 is 9.53 Å². The monoisotopic (exact) mass is 468 g/mol. The number of nitrogens with zero attached hydrogens (tertiary/aromatic N) is 2. The summed E-state index contributed by atoms with van der Waals surface area (Å²) < 4.78 is 5.53. The molecule has 2 aromatic carbocycles. The summed E-state index contributed by atoms with van der Waals surface area (Å²) in [5, 5.41) is 7.20. The van der Waals surface area contributed by atoms with Crippen LogP contribution in [0.2, 0.25) is 0 Å². The first-order valence-corrected chi connectivity index (χ1v) is 10.7. The molecule has 2 aromatic rings. The van der Waals surface area contributed by atoms with Gasteiger partial charge in [-0.15, -0.1) is 12.4 Å². The van der Waals surface area contributed by atoms with Gasteiger partial charge in [0.1, 0.15) is 6.61 Å². The largest absolute Gasteiger partial charge is 0.464 e. The predicted molar refractivity (Wildman–Crippen MR) is 139 cm³/mol. The Morgan fingerprint density at radius 1 is 1.21 bits per heavy atom. The summed E-state index contributed by atoms with van der Waals surface area (Å²) in [6.45, 7) is 3.80. The molecule has 0 bridgehead atoms. The van der Waals surface area contributed by atoms with Crippen LogP contribution in [-0.2, 0) is 9.53 Å². The Hall–Kier alpha value is -3.09. The number of anilines is 1. The van der Waals surface area contributed by atoms with Crippen LogP contribution >= 0.6 is 12.4 Å². The average molecular weight is 469 g/mol. The number of allylic oxidation sites excluding steroid dienone is 2. The van der Waals surface area contributed by atoms with Crippen molar-refractivity contribution >= 4 is 35.9 Å². The van der Waals surface area contributed by atoms with Gasteiger partial charge >= 0.3 is 5.97 Å². The van der Waals surface area contributed by atoms with Crippen molar-refractivity contribution in [2.45, 2.75) is 31.8 Å². The zero-order valence-electron chi connectivity index (χ0n) is 19.6. The molecular formula is C26H33ClN4O2. The fourth-order valence-electron chi connectivity index (χ4n) is 4.24. The molecule has 3 rings (SSSR count). The number of ether oxygens (including phenoxy) is 1. The van der Waals surface area contributed by atoms with Gasteiger partial charge in [0.2, 0.25) is 0 Å². The number of hydrogen-bond acceptors (Lipinski definition) is 6. The molecule has 0 heterocycles. The Labute approximate surface area is 202 Å². The molecule has 0 amide bonds. The van der Waals surface area contributed by atoms with Gasteiger partial charge in [0.15, 0.2) is 0 Å². The third-order valence-corrected chi connectivity index (χ3v) is 5.86. The predicted octanol–water partition coefficient (Wildman–Crippen LogP) is 4.48. The number of carbonyl (C=O) groups is 1. The van der Waals surface area contributed by atoms with Gasteiger partial charge in [-0.3, -0.25) is 9.69 Å². The highest BCUT2D eigenvalue weighted by Gasteiger charge is 2.42. The highest BCUT2D eigenvalue weighted by molar-refractivity contribution is 5.85. The van der Waals surface area contributed by atoms with Crippen LogP contribution in [0.15, 0.2) is 77.4 Å². The second kappa shape index (κ2) is 11.7. The minimum Gasteiger partial charge on any atom is -0.464 e. The molecule has 7 heteroatoms. The number of nitrogens with one attached hydrogen (secondary N) is 1. The number of hydrazone groups is 1. The van der Waals surface area contributed by atoms with Gasteiger partial charge in [0.05, 0.1) is 17.8 Å². The molecule has 1 aliphatic carbocycles. The maximum atomic E-state index is 11.7. The van der Waals surface area contributed by atoms with Crippen molar-refractivity contribution in [3.8, 4) is 0 Å². The molecule has 3 N–H and O–H groups in total. The van der Waals surface area contributed by atoms with E-state index < -0.39 is 5.54 Å². The maximum absolute atomic E-state index is 11.7. The van der Waals surface area contributed by atoms with E-state index in [2.05, 4.69) is 72.8 Å². The van der Waals surface area contributed by atoms with Crippen molar-refractivity contribution in [1.29, 1.82) is 0 Å². The third-order valence-electron chi connectivity index (χ3n) is 5.86. The highest BCUT2D eigenvalue weighted by Crippen LogP contribution is 2.39. The number of halogens is 1. The van der Waals surface area contributed by atoms with E-state index in [1.165, 1.54) is 23.6 Å². The van der Waals surface area contributed by atoms with Crippen LogP contribution in [0.5, 0.6) is 0 Å². The number of hydrogen-bond donors (Lipinski definition) is 2. The van der Waals surface area contributed by atoms with Gasteiger partial charge in [-0.05, 0) is 56.3 Å². The summed E-state index contributed by atoms with van der Waals surface area (Å²) in [4.78, 5) is 13.9. The number of likely N-dealkylation sites (N-methyl/N-ethyl adjacent to an activating group) is 1. The summed E-state index contributed by atoms with van der Waals surface area (Å²) in [6, 6.07) is 18.1. The SMILES string of the molecule is CC(=O)OCC(Nc1ccc(C=NN)cc1)C1(N(C)C)C=C(C)C=C(c2ccccc2)C1.Cl. The molecule has 0 spiro atoms. The number of rotatable bonds is 8. The first-order valence-electron chi connectivity index (χ1n) is 10.7. The fourth-order valence-corrected chi connectivity index (χ4v) is 4.24. The first-order chi connectivity index (χ1) is 15.3. The van der Waals surface area contributed by atoms with Gasteiger partial charge in [-0.25, -0.2) is 0 Å². The van der Waals surface area contributed by atoms with E-state index in [-0.39, 0.29) is 31.0 Å². The lowest BCUT2D eigenvalue weighted by molar-refractivity contribution is -0.141. The van der Waals surface area contributed by atoms with Crippen molar-refractivity contribution in [3.63, 3.8) is 0 Å². The van der Waals surface area contributed by atoms with E-state index in [1.807, 2.05) is 30.3 Å². The molecule has 0 radical (unpaired) electrons. The number of benzene rings is 2. The van der Waals surface area contributed by atoms with E-state index >= 15 is 0 Å². The van der Waals surface area contributed by atoms with Crippen LogP contribution < -0.4 is 11.2 Å². The number of carbonyl (C=O) groups excluding carboxylic acids is 1. The van der Waals surface area contributed by atoms with Gasteiger partial charge in [-0.1, -0.05) is 60.2 Å². The molecule has 0 aliphatic heterocycles. The van der Waals surface area contributed by atoms with E-state index in [1.54, 1.807) is 6.21 Å². The van der Waals surface area contributed by atoms with E-state index in [0.29, 0.717) is 0 Å². The summed E-state index contributed by atoms with van der Waals surface area (Å²) >= 11 is 0. The fraction of sp³-hybridized carbons (Fsp3) is 0.308. The highest BCUT2D eigenvalue weighted by atomic mass is 35.5. The van der Waals surface area contributed by atoms with E-state index in [4.69, 9.17) is 10.6 Å². The lowest BCUT2D eigenvalue weighted by Gasteiger charge is -2.46. The van der Waals surface area contributed by atoms with Crippen molar-refractivity contribution in [3.05, 3.63) is 83.4 Å². The number of nitrogens with two attached hydrogens (primary N) is 1. The first kappa shape index (κ1) is 26.2. The Morgan fingerprint density at radius 3 is 2.45 bits per heavy atom. The van der Waals surface area contributed by atoms with E-state index in [9.17, 15) is 4.79 Å². The normalized spacial score (nSPS) is 18.8. The Kier molecular flexibility index (Phi) is 9.26. The second-order valence-electron chi connectivity index (χ2n) is 8.39. The molecule has 2 atom stereocenters. The van der Waals surface area contributed by atoms with Crippen LogP contribution in [0.25, 0.3) is 5.57 Å². The van der Waals surface area contributed by atoms with Crippen LogP contribution in [-0.4, -0.2) is 49.4 Å². The van der Waals surface area contributed by atoms with Crippen LogP contribution in [0, 0.1) is 0 Å². The van der Waals surface area contributed by atoms with Crippen molar-refractivity contribution in [1.82, 2.24) is 4.90 Å². The minimum atomic E-state index is -0.406. The van der Waals surface area contributed by atoms with Crippen LogP contribution in [0.3, 0.4) is 0 Å². The molecule has 176 valence electrons. The third kappa shape index (κ3) is 6.46. The van der Waals surface area contributed by atoms with Gasteiger partial charge < -0.3 is 15.9 Å². The van der Waals surface area contributed by atoms with Crippen molar-refractivity contribution in [2.75, 3.05) is 26.0 Å². The lowest BCUT2D eigenvalue weighted by Crippen LogP contribution is -2.58.